The number of nitrogens with one attached hydrogen (secondary N) is 1. The Balaban J connectivity index is 2.19. The Labute approximate surface area is 128 Å². The Hall–Kier alpha value is -2.86. The summed E-state index contributed by atoms with van der Waals surface area (Å²) in [7, 11) is 0. The van der Waals surface area contributed by atoms with Crippen LogP contribution in [0.15, 0.2) is 47.5 Å². The lowest BCUT2D eigenvalue weighted by Crippen LogP contribution is -2.22. The van der Waals surface area contributed by atoms with E-state index >= 15 is 0 Å². The maximum absolute atomic E-state index is 12.2. The average molecular weight is 298 g/mol. The molecule has 0 unspecified atom stereocenters. The van der Waals surface area contributed by atoms with Gasteiger partial charge in [-0.3, -0.25) is 4.79 Å². The van der Waals surface area contributed by atoms with E-state index in [4.69, 9.17) is 16.6 Å². The molecule has 0 aliphatic rings. The van der Waals surface area contributed by atoms with Gasteiger partial charge < -0.3 is 21.9 Å². The Kier molecular flexibility index (Phi) is 4.75. The summed E-state index contributed by atoms with van der Waals surface area (Å²) < 4.78 is 0. The molecule has 114 valence electrons. The lowest BCUT2D eigenvalue weighted by molar-refractivity contribution is 0.102. The number of aryl methyl sites for hydroxylation is 1. The van der Waals surface area contributed by atoms with Crippen molar-refractivity contribution >= 4 is 23.2 Å². The third-order valence-electron chi connectivity index (χ3n) is 3.12. The first-order valence-corrected chi connectivity index (χ1v) is 6.71. The van der Waals surface area contributed by atoms with Gasteiger partial charge in [-0.2, -0.15) is 0 Å². The zero-order chi connectivity index (χ0) is 16.1. The fraction of sp³-hybridized carbons (Fsp3) is 0.125. The molecule has 6 N–H and O–H groups in total. The Morgan fingerprint density at radius 3 is 2.45 bits per heavy atom. The lowest BCUT2D eigenvalue weighted by atomic mass is 10.1. The second-order valence-electron chi connectivity index (χ2n) is 4.85. The normalized spacial score (nSPS) is 10.1. The highest BCUT2D eigenvalue weighted by Gasteiger charge is 2.07. The van der Waals surface area contributed by atoms with Gasteiger partial charge in [0.15, 0.2) is 5.96 Å². The van der Waals surface area contributed by atoms with Crippen molar-refractivity contribution in [1.29, 1.82) is 0 Å². The molecule has 0 bridgehead atoms. The summed E-state index contributed by atoms with van der Waals surface area (Å²) in [6, 6.07) is 12.0. The first-order valence-electron chi connectivity index (χ1n) is 6.71. The number of hydrogen-bond acceptors (Lipinski definition) is 3. The van der Waals surface area contributed by atoms with Gasteiger partial charge in [0.2, 0.25) is 0 Å². The third kappa shape index (κ3) is 3.83. The van der Waals surface area contributed by atoms with Gasteiger partial charge in [-0.1, -0.05) is 18.2 Å². The molecule has 0 aliphatic carbocycles. The highest BCUT2D eigenvalue weighted by molar-refractivity contribution is 6.04. The summed E-state index contributed by atoms with van der Waals surface area (Å²) in [6.07, 6.45) is 0. The Bertz CT molecular complexity index is 705. The van der Waals surface area contributed by atoms with E-state index in [1.807, 2.05) is 13.0 Å². The number of carbonyl (C=O) groups is 1. The number of aliphatic imine (C=N–C) groups is 1. The SMILES string of the molecule is Cc1ccc(NC(=O)c2ccc(CO)cc2)cc1N=C(N)N. The van der Waals surface area contributed by atoms with E-state index in [0.717, 1.165) is 11.1 Å². The maximum Gasteiger partial charge on any atom is 0.255 e. The van der Waals surface area contributed by atoms with Crippen molar-refractivity contribution in [3.8, 4) is 0 Å². The smallest absolute Gasteiger partial charge is 0.255 e. The van der Waals surface area contributed by atoms with Gasteiger partial charge in [0.25, 0.3) is 5.91 Å². The number of guanidine groups is 1. The number of amides is 1. The van der Waals surface area contributed by atoms with E-state index in [1.165, 1.54) is 0 Å². The van der Waals surface area contributed by atoms with Crippen molar-refractivity contribution in [2.24, 2.45) is 16.5 Å². The van der Waals surface area contributed by atoms with Gasteiger partial charge >= 0.3 is 0 Å². The Morgan fingerprint density at radius 1 is 1.18 bits per heavy atom. The lowest BCUT2D eigenvalue weighted by Gasteiger charge is -2.08. The number of aliphatic hydroxyl groups excluding tert-OH is 1. The topological polar surface area (TPSA) is 114 Å². The van der Waals surface area contributed by atoms with Crippen LogP contribution >= 0.6 is 0 Å². The van der Waals surface area contributed by atoms with Crippen molar-refractivity contribution < 1.29 is 9.90 Å². The molecule has 0 saturated carbocycles. The van der Waals surface area contributed by atoms with Crippen LogP contribution in [0.1, 0.15) is 21.5 Å². The number of carbonyl (C=O) groups excluding carboxylic acids is 1. The van der Waals surface area contributed by atoms with Crippen molar-refractivity contribution in [2.45, 2.75) is 13.5 Å². The predicted molar refractivity (Wildman–Crippen MR) is 87.0 cm³/mol. The molecule has 0 fully saturated rings. The molecule has 0 aromatic heterocycles. The molecule has 2 rings (SSSR count). The molecule has 1 amide bonds. The molecule has 6 heteroatoms. The zero-order valence-corrected chi connectivity index (χ0v) is 12.2. The van der Waals surface area contributed by atoms with Crippen molar-refractivity contribution in [2.75, 3.05) is 5.32 Å². The van der Waals surface area contributed by atoms with Crippen molar-refractivity contribution in [3.05, 3.63) is 59.2 Å². The fourth-order valence-corrected chi connectivity index (χ4v) is 1.91. The molecule has 0 radical (unpaired) electrons. The molecule has 0 atom stereocenters. The molecule has 0 spiro atoms. The summed E-state index contributed by atoms with van der Waals surface area (Å²) in [6.45, 7) is 1.82. The van der Waals surface area contributed by atoms with Crippen molar-refractivity contribution in [1.82, 2.24) is 0 Å². The van der Waals surface area contributed by atoms with Crippen LogP contribution in [-0.4, -0.2) is 17.0 Å². The summed E-state index contributed by atoms with van der Waals surface area (Å²) in [5.41, 5.74) is 14.1. The van der Waals surface area contributed by atoms with Crippen molar-refractivity contribution in [3.63, 3.8) is 0 Å². The Morgan fingerprint density at radius 2 is 1.86 bits per heavy atom. The summed E-state index contributed by atoms with van der Waals surface area (Å²) >= 11 is 0. The monoisotopic (exact) mass is 298 g/mol. The molecule has 2 aromatic rings. The number of rotatable bonds is 4. The highest BCUT2D eigenvalue weighted by Crippen LogP contribution is 2.23. The summed E-state index contributed by atoms with van der Waals surface area (Å²) in [5.74, 6) is -0.282. The average Bonchev–Trinajstić information content (AvgIpc) is 2.50. The van der Waals surface area contributed by atoms with Gasteiger partial charge in [-0.05, 0) is 42.3 Å². The molecule has 6 nitrogen and oxygen atoms in total. The van der Waals surface area contributed by atoms with E-state index in [0.29, 0.717) is 16.9 Å². The van der Waals surface area contributed by atoms with E-state index in [9.17, 15) is 4.79 Å². The van der Waals surface area contributed by atoms with E-state index in [2.05, 4.69) is 10.3 Å². The second-order valence-corrected chi connectivity index (χ2v) is 4.85. The number of hydrogen-bond donors (Lipinski definition) is 4. The van der Waals surface area contributed by atoms with Crippen LogP contribution in [0.5, 0.6) is 0 Å². The standard InChI is InChI=1S/C16H18N4O2/c1-10-2-7-13(8-14(10)20-16(17)18)19-15(22)12-5-3-11(9-21)4-6-12/h2-8,21H,9H2,1H3,(H,19,22)(H4,17,18,20). The molecule has 0 aliphatic heterocycles. The van der Waals surface area contributed by atoms with Crippen LogP contribution in [0.4, 0.5) is 11.4 Å². The van der Waals surface area contributed by atoms with Gasteiger partial charge in [0.05, 0.1) is 12.3 Å². The molecule has 0 saturated heterocycles. The number of nitrogens with zero attached hydrogens (tertiary/aromatic N) is 1. The molecule has 2 aromatic carbocycles. The minimum absolute atomic E-state index is 0.0360. The summed E-state index contributed by atoms with van der Waals surface area (Å²) in [4.78, 5) is 16.2. The van der Waals surface area contributed by atoms with Crippen LogP contribution in [0.25, 0.3) is 0 Å². The van der Waals surface area contributed by atoms with E-state index < -0.39 is 0 Å². The molecular formula is C16H18N4O2. The first kappa shape index (κ1) is 15.5. The van der Waals surface area contributed by atoms with Gasteiger partial charge in [0.1, 0.15) is 0 Å². The maximum atomic E-state index is 12.2. The highest BCUT2D eigenvalue weighted by atomic mass is 16.3. The minimum Gasteiger partial charge on any atom is -0.392 e. The van der Waals surface area contributed by atoms with E-state index in [-0.39, 0.29) is 18.5 Å². The quantitative estimate of drug-likeness (QED) is 0.507. The third-order valence-corrected chi connectivity index (χ3v) is 3.12. The van der Waals surface area contributed by atoms with Gasteiger partial charge in [-0.25, -0.2) is 4.99 Å². The van der Waals surface area contributed by atoms with Crippen LogP contribution in [0.2, 0.25) is 0 Å². The van der Waals surface area contributed by atoms with Gasteiger partial charge in [-0.15, -0.1) is 0 Å². The van der Waals surface area contributed by atoms with Crippen LogP contribution in [0, 0.1) is 6.92 Å². The number of nitrogens with two attached hydrogens (primary N) is 2. The zero-order valence-electron chi connectivity index (χ0n) is 12.2. The summed E-state index contributed by atoms with van der Waals surface area (Å²) in [5, 5.41) is 11.8. The van der Waals surface area contributed by atoms with E-state index in [1.54, 1.807) is 36.4 Å². The van der Waals surface area contributed by atoms with Crippen LogP contribution in [-0.2, 0) is 6.61 Å². The minimum atomic E-state index is -0.246. The van der Waals surface area contributed by atoms with Crippen LogP contribution in [0.3, 0.4) is 0 Å². The molecule has 0 heterocycles. The largest absolute Gasteiger partial charge is 0.392 e. The number of anilines is 1. The van der Waals surface area contributed by atoms with Gasteiger partial charge in [0, 0.05) is 11.3 Å². The van der Waals surface area contributed by atoms with Crippen LogP contribution < -0.4 is 16.8 Å². The fourth-order valence-electron chi connectivity index (χ4n) is 1.91. The predicted octanol–water partition coefficient (Wildman–Crippen LogP) is 1.64. The number of aliphatic hydroxyl groups is 1. The molecular weight excluding hydrogens is 280 g/mol. The first-order chi connectivity index (χ1) is 10.5. The molecule has 22 heavy (non-hydrogen) atoms. The second kappa shape index (κ2) is 6.73. The number of benzene rings is 2.